The van der Waals surface area contributed by atoms with Crippen LogP contribution < -0.4 is 5.56 Å². The molecule has 74 valence electrons. The first-order valence-corrected chi connectivity index (χ1v) is 4.71. The molecule has 5 heteroatoms. The fourth-order valence-electron chi connectivity index (χ4n) is 1.42. The molecule has 0 amide bonds. The van der Waals surface area contributed by atoms with Gasteiger partial charge in [0.05, 0.1) is 12.7 Å². The highest BCUT2D eigenvalue weighted by atomic mass is 16.1. The van der Waals surface area contributed by atoms with E-state index < -0.39 is 0 Å². The number of hydrogen-bond donors (Lipinski definition) is 1. The highest BCUT2D eigenvalue weighted by Gasteiger charge is 2.06. The first kappa shape index (κ1) is 8.93. The third kappa shape index (κ3) is 1.41. The maximum atomic E-state index is 11.5. The fraction of sp³-hybridized carbons (Fsp3) is 0.444. The average Bonchev–Trinajstić information content (AvgIpc) is 2.59. The molecule has 2 heterocycles. The van der Waals surface area contributed by atoms with Crippen LogP contribution >= 0.6 is 0 Å². The molecule has 2 aromatic rings. The molecular weight excluding hydrogens is 180 g/mol. The maximum absolute atomic E-state index is 11.5. The van der Waals surface area contributed by atoms with Crippen molar-refractivity contribution in [3.05, 3.63) is 23.0 Å². The largest absolute Gasteiger partial charge is 0.325 e. The molecule has 0 aromatic carbocycles. The molecule has 0 aliphatic carbocycles. The number of rotatable bonds is 3. The minimum absolute atomic E-state index is 0.122. The van der Waals surface area contributed by atoms with Crippen molar-refractivity contribution in [1.82, 2.24) is 19.5 Å². The van der Waals surface area contributed by atoms with Gasteiger partial charge in [-0.2, -0.15) is 0 Å². The highest BCUT2D eigenvalue weighted by molar-refractivity contribution is 5.68. The molecule has 0 radical (unpaired) electrons. The standard InChI is InChI=1S/C9H12N4O/c1-2-3-4-13-6-12-8-7(13)9(14)11-5-10-8/h5-6H,2-4H2,1H3,(H,10,11,14). The summed E-state index contributed by atoms with van der Waals surface area (Å²) in [7, 11) is 0. The van der Waals surface area contributed by atoms with Gasteiger partial charge in [-0.05, 0) is 6.42 Å². The summed E-state index contributed by atoms with van der Waals surface area (Å²) in [5, 5.41) is 0. The molecule has 0 aliphatic heterocycles. The zero-order valence-electron chi connectivity index (χ0n) is 8.03. The van der Waals surface area contributed by atoms with Gasteiger partial charge in [-0.1, -0.05) is 13.3 Å². The van der Waals surface area contributed by atoms with Crippen molar-refractivity contribution in [2.45, 2.75) is 26.3 Å². The lowest BCUT2D eigenvalue weighted by Crippen LogP contribution is -2.11. The van der Waals surface area contributed by atoms with Crippen LogP contribution in [0.25, 0.3) is 11.2 Å². The van der Waals surface area contributed by atoms with Crippen LogP contribution in [0.4, 0.5) is 0 Å². The Balaban J connectivity index is 2.50. The van der Waals surface area contributed by atoms with Crippen LogP contribution in [0.15, 0.2) is 17.4 Å². The van der Waals surface area contributed by atoms with Crippen molar-refractivity contribution in [1.29, 1.82) is 0 Å². The molecule has 0 saturated heterocycles. The summed E-state index contributed by atoms with van der Waals surface area (Å²) in [4.78, 5) is 22.1. The number of imidazole rings is 1. The van der Waals surface area contributed by atoms with Crippen LogP contribution in [-0.4, -0.2) is 19.5 Å². The molecule has 5 nitrogen and oxygen atoms in total. The van der Waals surface area contributed by atoms with Crippen LogP contribution in [0.5, 0.6) is 0 Å². The van der Waals surface area contributed by atoms with Crippen LogP contribution in [-0.2, 0) is 6.54 Å². The van der Waals surface area contributed by atoms with Crippen molar-refractivity contribution >= 4 is 11.2 Å². The Hall–Kier alpha value is -1.65. The number of nitrogens with zero attached hydrogens (tertiary/aromatic N) is 3. The Labute approximate surface area is 80.8 Å². The lowest BCUT2D eigenvalue weighted by Gasteiger charge is -2.00. The smallest absolute Gasteiger partial charge is 0.276 e. The first-order chi connectivity index (χ1) is 6.83. The second-order valence-electron chi connectivity index (χ2n) is 3.20. The Morgan fingerprint density at radius 3 is 3.14 bits per heavy atom. The third-order valence-electron chi connectivity index (χ3n) is 2.17. The minimum Gasteiger partial charge on any atom is -0.325 e. The van der Waals surface area contributed by atoms with E-state index >= 15 is 0 Å². The number of nitrogens with one attached hydrogen (secondary N) is 1. The van der Waals surface area contributed by atoms with Crippen molar-refractivity contribution in [2.75, 3.05) is 0 Å². The van der Waals surface area contributed by atoms with Gasteiger partial charge in [0.1, 0.15) is 0 Å². The number of hydrogen-bond acceptors (Lipinski definition) is 3. The molecule has 0 spiro atoms. The second-order valence-corrected chi connectivity index (χ2v) is 3.20. The topological polar surface area (TPSA) is 63.6 Å². The fourth-order valence-corrected chi connectivity index (χ4v) is 1.42. The van der Waals surface area contributed by atoms with Crippen LogP contribution in [0.3, 0.4) is 0 Å². The van der Waals surface area contributed by atoms with Crippen LogP contribution in [0.1, 0.15) is 19.8 Å². The average molecular weight is 192 g/mol. The van der Waals surface area contributed by atoms with E-state index in [1.807, 2.05) is 4.57 Å². The van der Waals surface area contributed by atoms with Crippen molar-refractivity contribution in [2.24, 2.45) is 0 Å². The molecule has 0 saturated carbocycles. The lowest BCUT2D eigenvalue weighted by atomic mass is 10.3. The Kier molecular flexibility index (Phi) is 2.30. The first-order valence-electron chi connectivity index (χ1n) is 4.71. The van der Waals surface area contributed by atoms with Gasteiger partial charge in [0.2, 0.25) is 0 Å². The van der Waals surface area contributed by atoms with E-state index in [0.29, 0.717) is 11.2 Å². The van der Waals surface area contributed by atoms with Crippen LogP contribution in [0, 0.1) is 0 Å². The predicted octanol–water partition coefficient (Wildman–Crippen LogP) is 0.920. The maximum Gasteiger partial charge on any atom is 0.276 e. The lowest BCUT2D eigenvalue weighted by molar-refractivity contribution is 0.644. The molecular formula is C9H12N4O. The molecule has 14 heavy (non-hydrogen) atoms. The molecule has 0 bridgehead atoms. The highest BCUT2D eigenvalue weighted by Crippen LogP contribution is 2.04. The predicted molar refractivity (Wildman–Crippen MR) is 53.1 cm³/mol. The van der Waals surface area contributed by atoms with Gasteiger partial charge in [-0.3, -0.25) is 4.79 Å². The van der Waals surface area contributed by atoms with E-state index in [1.54, 1.807) is 6.33 Å². The van der Waals surface area contributed by atoms with Gasteiger partial charge in [0, 0.05) is 6.54 Å². The number of fused-ring (bicyclic) bond motifs is 1. The van der Waals surface area contributed by atoms with Gasteiger partial charge in [-0.15, -0.1) is 0 Å². The van der Waals surface area contributed by atoms with E-state index in [-0.39, 0.29) is 5.56 Å². The molecule has 0 unspecified atom stereocenters. The summed E-state index contributed by atoms with van der Waals surface area (Å²) < 4.78 is 1.85. The monoisotopic (exact) mass is 192 g/mol. The third-order valence-corrected chi connectivity index (χ3v) is 2.17. The molecule has 0 atom stereocenters. The van der Waals surface area contributed by atoms with E-state index in [4.69, 9.17) is 0 Å². The Bertz CT molecular complexity index is 485. The van der Waals surface area contributed by atoms with Crippen molar-refractivity contribution < 1.29 is 0 Å². The Morgan fingerprint density at radius 1 is 1.50 bits per heavy atom. The minimum atomic E-state index is -0.122. The SMILES string of the molecule is CCCCn1cnc2nc[nH]c(=O)c21. The van der Waals surface area contributed by atoms with E-state index in [9.17, 15) is 4.79 Å². The summed E-state index contributed by atoms with van der Waals surface area (Å²) in [5.74, 6) is 0. The normalized spacial score (nSPS) is 10.9. The van der Waals surface area contributed by atoms with E-state index in [1.165, 1.54) is 6.33 Å². The molecule has 1 N–H and O–H groups in total. The number of aryl methyl sites for hydroxylation is 1. The summed E-state index contributed by atoms with van der Waals surface area (Å²) >= 11 is 0. The number of aromatic nitrogens is 4. The van der Waals surface area contributed by atoms with Crippen molar-refractivity contribution in [3.8, 4) is 0 Å². The van der Waals surface area contributed by atoms with Gasteiger partial charge >= 0.3 is 0 Å². The van der Waals surface area contributed by atoms with Crippen molar-refractivity contribution in [3.63, 3.8) is 0 Å². The number of aromatic amines is 1. The molecule has 0 fully saturated rings. The summed E-state index contributed by atoms with van der Waals surface area (Å²) in [6, 6.07) is 0. The Morgan fingerprint density at radius 2 is 2.36 bits per heavy atom. The molecule has 2 rings (SSSR count). The summed E-state index contributed by atoms with van der Waals surface area (Å²) in [5.41, 5.74) is 0.967. The molecule has 0 aliphatic rings. The van der Waals surface area contributed by atoms with Gasteiger partial charge < -0.3 is 9.55 Å². The summed E-state index contributed by atoms with van der Waals surface area (Å²) in [6.07, 6.45) is 5.18. The quantitative estimate of drug-likeness (QED) is 0.786. The van der Waals surface area contributed by atoms with Gasteiger partial charge in [-0.25, -0.2) is 9.97 Å². The van der Waals surface area contributed by atoms with Gasteiger partial charge in [0.25, 0.3) is 5.56 Å². The van der Waals surface area contributed by atoms with Gasteiger partial charge in [0.15, 0.2) is 11.2 Å². The zero-order valence-corrected chi connectivity index (χ0v) is 8.03. The van der Waals surface area contributed by atoms with E-state index in [0.717, 1.165) is 19.4 Å². The second kappa shape index (κ2) is 3.61. The number of H-pyrrole nitrogens is 1. The zero-order chi connectivity index (χ0) is 9.97. The molecule has 2 aromatic heterocycles. The van der Waals surface area contributed by atoms with Crippen LogP contribution in [0.2, 0.25) is 0 Å². The summed E-state index contributed by atoms with van der Waals surface area (Å²) in [6.45, 7) is 2.93. The van der Waals surface area contributed by atoms with E-state index in [2.05, 4.69) is 21.9 Å². The number of unbranched alkanes of at least 4 members (excludes halogenated alkanes) is 1.